The first-order valence-electron chi connectivity index (χ1n) is 4.26. The number of halogens is 1. The van der Waals surface area contributed by atoms with Gasteiger partial charge < -0.3 is 10.8 Å². The van der Waals surface area contributed by atoms with E-state index in [1.54, 1.807) is 18.2 Å². The summed E-state index contributed by atoms with van der Waals surface area (Å²) in [5.41, 5.74) is 7.31. The normalized spacial score (nSPS) is 12.8. The maximum absolute atomic E-state index is 12.0. The van der Waals surface area contributed by atoms with E-state index in [2.05, 4.69) is 0 Å². The highest BCUT2D eigenvalue weighted by Crippen LogP contribution is 2.25. The number of hydrogen-bond donors (Lipinski definition) is 2. The average molecular weight is 183 g/mol. The Morgan fingerprint density at radius 2 is 2.23 bits per heavy atom. The molecule has 1 rings (SSSR count). The molecule has 0 aliphatic carbocycles. The first-order chi connectivity index (χ1) is 6.15. The van der Waals surface area contributed by atoms with Gasteiger partial charge in [-0.3, -0.25) is 4.39 Å². The molecule has 0 aliphatic heterocycles. The molecular formula is C10H14FNO. The summed E-state index contributed by atoms with van der Waals surface area (Å²) in [5, 5.41) is 9.43. The van der Waals surface area contributed by atoms with Gasteiger partial charge in [0.15, 0.2) is 0 Å². The average Bonchev–Trinajstić information content (AvgIpc) is 2.09. The molecule has 0 saturated carbocycles. The number of hydrogen-bond acceptors (Lipinski definition) is 2. The zero-order valence-corrected chi connectivity index (χ0v) is 7.63. The standard InChI is InChI=1S/C10H14FNO/c1-7-2-3-10(13)8(6-7)9(12)4-5-11/h2-3,6,9,13H,4-5,12H2,1H3/t9-/m0/s1. The van der Waals surface area contributed by atoms with Crippen molar-refractivity contribution in [2.24, 2.45) is 5.73 Å². The van der Waals surface area contributed by atoms with Gasteiger partial charge in [-0.2, -0.15) is 0 Å². The van der Waals surface area contributed by atoms with E-state index in [1.165, 1.54) is 0 Å². The summed E-state index contributed by atoms with van der Waals surface area (Å²) in [7, 11) is 0. The number of aryl methyl sites for hydroxylation is 1. The predicted molar refractivity (Wildman–Crippen MR) is 50.4 cm³/mol. The van der Waals surface area contributed by atoms with E-state index >= 15 is 0 Å². The number of benzene rings is 1. The molecule has 2 nitrogen and oxygen atoms in total. The van der Waals surface area contributed by atoms with Gasteiger partial charge in [-0.1, -0.05) is 17.7 Å². The Kier molecular flexibility index (Phi) is 3.25. The molecule has 3 N–H and O–H groups in total. The molecule has 0 spiro atoms. The molecule has 1 atom stereocenters. The van der Waals surface area contributed by atoms with E-state index in [1.807, 2.05) is 6.92 Å². The van der Waals surface area contributed by atoms with Crippen molar-refractivity contribution in [1.29, 1.82) is 0 Å². The fourth-order valence-corrected chi connectivity index (χ4v) is 1.24. The molecular weight excluding hydrogens is 169 g/mol. The Morgan fingerprint density at radius 3 is 2.85 bits per heavy atom. The Labute approximate surface area is 77.2 Å². The highest BCUT2D eigenvalue weighted by molar-refractivity contribution is 5.37. The van der Waals surface area contributed by atoms with Gasteiger partial charge >= 0.3 is 0 Å². The fourth-order valence-electron chi connectivity index (χ4n) is 1.24. The second-order valence-electron chi connectivity index (χ2n) is 3.15. The van der Waals surface area contributed by atoms with Crippen LogP contribution >= 0.6 is 0 Å². The maximum atomic E-state index is 12.0. The SMILES string of the molecule is Cc1ccc(O)c([C@@H](N)CCF)c1. The minimum Gasteiger partial charge on any atom is -0.508 e. The van der Waals surface area contributed by atoms with Gasteiger partial charge in [0, 0.05) is 11.6 Å². The topological polar surface area (TPSA) is 46.2 Å². The summed E-state index contributed by atoms with van der Waals surface area (Å²) < 4.78 is 12.0. The smallest absolute Gasteiger partial charge is 0.120 e. The Balaban J connectivity index is 2.91. The molecule has 0 heterocycles. The third-order valence-electron chi connectivity index (χ3n) is 2.00. The van der Waals surface area contributed by atoms with E-state index in [9.17, 15) is 9.50 Å². The molecule has 0 amide bonds. The third-order valence-corrected chi connectivity index (χ3v) is 2.00. The van der Waals surface area contributed by atoms with Crippen LogP contribution in [0.3, 0.4) is 0 Å². The summed E-state index contributed by atoms with van der Waals surface area (Å²) in [5.74, 6) is 0.145. The van der Waals surface area contributed by atoms with Crippen molar-refractivity contribution in [1.82, 2.24) is 0 Å². The van der Waals surface area contributed by atoms with Crippen molar-refractivity contribution in [2.45, 2.75) is 19.4 Å². The van der Waals surface area contributed by atoms with E-state index in [0.717, 1.165) is 5.56 Å². The lowest BCUT2D eigenvalue weighted by molar-refractivity contribution is 0.424. The van der Waals surface area contributed by atoms with Gasteiger partial charge in [-0.15, -0.1) is 0 Å². The Hall–Kier alpha value is -1.09. The number of rotatable bonds is 3. The molecule has 0 unspecified atom stereocenters. The number of phenolic OH excluding ortho intramolecular Hbond substituents is 1. The van der Waals surface area contributed by atoms with Crippen LogP contribution in [-0.2, 0) is 0 Å². The van der Waals surface area contributed by atoms with Crippen LogP contribution < -0.4 is 5.73 Å². The molecule has 3 heteroatoms. The zero-order chi connectivity index (χ0) is 9.84. The van der Waals surface area contributed by atoms with Crippen LogP contribution in [0.25, 0.3) is 0 Å². The summed E-state index contributed by atoms with van der Waals surface area (Å²) in [4.78, 5) is 0. The van der Waals surface area contributed by atoms with Gasteiger partial charge in [0.1, 0.15) is 5.75 Å². The van der Waals surface area contributed by atoms with Gasteiger partial charge in [0.05, 0.1) is 6.67 Å². The van der Waals surface area contributed by atoms with Crippen molar-refractivity contribution >= 4 is 0 Å². The van der Waals surface area contributed by atoms with E-state index in [-0.39, 0.29) is 12.2 Å². The van der Waals surface area contributed by atoms with Crippen LogP contribution in [0.5, 0.6) is 5.75 Å². The third kappa shape index (κ3) is 2.42. The van der Waals surface area contributed by atoms with Crippen LogP contribution in [0, 0.1) is 6.92 Å². The molecule has 0 aromatic heterocycles. The summed E-state index contributed by atoms with van der Waals surface area (Å²) in [6.45, 7) is 1.44. The van der Waals surface area contributed by atoms with Crippen molar-refractivity contribution in [2.75, 3.05) is 6.67 Å². The zero-order valence-electron chi connectivity index (χ0n) is 7.63. The summed E-state index contributed by atoms with van der Waals surface area (Å²) >= 11 is 0. The maximum Gasteiger partial charge on any atom is 0.120 e. The van der Waals surface area contributed by atoms with Gasteiger partial charge in [-0.25, -0.2) is 0 Å². The van der Waals surface area contributed by atoms with Crippen LogP contribution in [-0.4, -0.2) is 11.8 Å². The van der Waals surface area contributed by atoms with Gasteiger partial charge in [0.2, 0.25) is 0 Å². The first kappa shape index (κ1) is 9.99. The van der Waals surface area contributed by atoms with Crippen molar-refractivity contribution in [3.05, 3.63) is 29.3 Å². The van der Waals surface area contributed by atoms with Gasteiger partial charge in [-0.05, 0) is 19.4 Å². The monoisotopic (exact) mass is 183 g/mol. The predicted octanol–water partition coefficient (Wildman–Crippen LogP) is 2.06. The molecule has 72 valence electrons. The molecule has 1 aromatic carbocycles. The van der Waals surface area contributed by atoms with Crippen molar-refractivity contribution < 1.29 is 9.50 Å². The fraction of sp³-hybridized carbons (Fsp3) is 0.400. The van der Waals surface area contributed by atoms with Crippen LogP contribution in [0.1, 0.15) is 23.6 Å². The Bertz CT molecular complexity index is 288. The van der Waals surface area contributed by atoms with Crippen molar-refractivity contribution in [3.63, 3.8) is 0 Å². The van der Waals surface area contributed by atoms with E-state index in [4.69, 9.17) is 5.73 Å². The lowest BCUT2D eigenvalue weighted by atomic mass is 10.0. The molecule has 0 aliphatic rings. The number of alkyl halides is 1. The summed E-state index contributed by atoms with van der Waals surface area (Å²) in [6.07, 6.45) is 0.247. The number of phenols is 1. The van der Waals surface area contributed by atoms with Crippen LogP contribution in [0.15, 0.2) is 18.2 Å². The largest absolute Gasteiger partial charge is 0.508 e. The first-order valence-corrected chi connectivity index (χ1v) is 4.26. The number of nitrogens with two attached hydrogens (primary N) is 1. The highest BCUT2D eigenvalue weighted by atomic mass is 19.1. The minimum atomic E-state index is -0.464. The minimum absolute atomic E-state index is 0.145. The van der Waals surface area contributed by atoms with E-state index in [0.29, 0.717) is 5.56 Å². The summed E-state index contributed by atoms with van der Waals surface area (Å²) in [6, 6.07) is 4.75. The highest BCUT2D eigenvalue weighted by Gasteiger charge is 2.10. The molecule has 1 aromatic rings. The molecule has 0 bridgehead atoms. The van der Waals surface area contributed by atoms with Crippen LogP contribution in [0.4, 0.5) is 4.39 Å². The molecule has 0 saturated heterocycles. The second-order valence-corrected chi connectivity index (χ2v) is 3.15. The quantitative estimate of drug-likeness (QED) is 0.753. The Morgan fingerprint density at radius 1 is 1.54 bits per heavy atom. The lowest BCUT2D eigenvalue weighted by Gasteiger charge is -2.12. The molecule has 13 heavy (non-hydrogen) atoms. The second kappa shape index (κ2) is 4.23. The molecule has 0 fully saturated rings. The lowest BCUT2D eigenvalue weighted by Crippen LogP contribution is -2.11. The molecule has 0 radical (unpaired) electrons. The van der Waals surface area contributed by atoms with E-state index < -0.39 is 12.7 Å². The van der Waals surface area contributed by atoms with Crippen LogP contribution in [0.2, 0.25) is 0 Å². The number of aromatic hydroxyl groups is 1. The van der Waals surface area contributed by atoms with Gasteiger partial charge in [0.25, 0.3) is 0 Å². The van der Waals surface area contributed by atoms with Crippen molar-refractivity contribution in [3.8, 4) is 5.75 Å².